The Morgan fingerprint density at radius 2 is 1.43 bits per heavy atom. The largest absolute Gasteiger partial charge is 0.273 e. The molecule has 2 aromatic rings. The van der Waals surface area contributed by atoms with Crippen LogP contribution in [0, 0.1) is 29.1 Å². The minimum Gasteiger partial charge on any atom is -0.273 e. The molecule has 11 heteroatoms. The van der Waals surface area contributed by atoms with E-state index >= 15 is 0 Å². The second-order valence-electron chi connectivity index (χ2n) is 3.61. The number of anilines is 1. The Hall–Kier alpha value is -1.20. The number of hydrogen-bond donors (Lipinski definition) is 1. The van der Waals surface area contributed by atoms with Crippen molar-refractivity contribution < 1.29 is 30.4 Å². The third-order valence-corrected chi connectivity index (χ3v) is 6.29. The van der Waals surface area contributed by atoms with Gasteiger partial charge in [0, 0.05) is 4.47 Å². The molecule has 0 amide bonds. The van der Waals surface area contributed by atoms with Crippen molar-refractivity contribution in [3.8, 4) is 0 Å². The van der Waals surface area contributed by atoms with E-state index in [1.165, 1.54) is 16.2 Å². The summed E-state index contributed by atoms with van der Waals surface area (Å²) in [6.45, 7) is 0. The van der Waals surface area contributed by atoms with E-state index < -0.39 is 44.8 Å². The van der Waals surface area contributed by atoms with Gasteiger partial charge in [-0.1, -0.05) is 0 Å². The molecule has 0 aliphatic heterocycles. The zero-order chi connectivity index (χ0) is 15.9. The van der Waals surface area contributed by atoms with E-state index in [2.05, 4.69) is 15.9 Å². The number of rotatable bonds is 3. The maximum atomic E-state index is 13.4. The second kappa shape index (κ2) is 5.54. The molecular weight excluding hydrogens is 405 g/mol. The van der Waals surface area contributed by atoms with Gasteiger partial charge in [0.2, 0.25) is 5.82 Å². The van der Waals surface area contributed by atoms with Crippen LogP contribution in [-0.4, -0.2) is 8.42 Å². The van der Waals surface area contributed by atoms with Gasteiger partial charge in [0.15, 0.2) is 27.5 Å². The minimum atomic E-state index is -4.51. The predicted octanol–water partition coefficient (Wildman–Crippen LogP) is 4.01. The smallest absolute Gasteiger partial charge is 0.272 e. The molecule has 0 aliphatic carbocycles. The molecular formula is C10H3BrF5NO2S2. The van der Waals surface area contributed by atoms with Crippen LogP contribution in [0.2, 0.25) is 0 Å². The fourth-order valence-electron chi connectivity index (χ4n) is 1.35. The minimum absolute atomic E-state index is 0.0869. The van der Waals surface area contributed by atoms with Crippen LogP contribution < -0.4 is 4.72 Å². The summed E-state index contributed by atoms with van der Waals surface area (Å²) in [5.74, 6) is -11.4. The summed E-state index contributed by atoms with van der Waals surface area (Å²) in [5, 5.41) is 1.36. The molecule has 1 aromatic carbocycles. The highest BCUT2D eigenvalue weighted by Crippen LogP contribution is 2.32. The van der Waals surface area contributed by atoms with Crippen LogP contribution in [0.3, 0.4) is 0 Å². The summed E-state index contributed by atoms with van der Waals surface area (Å²) < 4.78 is 90.6. The number of nitrogens with one attached hydrogen (secondary N) is 1. The summed E-state index contributed by atoms with van der Waals surface area (Å²) in [5.41, 5.74) is -1.63. The van der Waals surface area contributed by atoms with Gasteiger partial charge in [-0.05, 0) is 27.4 Å². The van der Waals surface area contributed by atoms with E-state index in [9.17, 15) is 30.4 Å². The van der Waals surface area contributed by atoms with Crippen molar-refractivity contribution in [2.45, 2.75) is 4.21 Å². The first-order chi connectivity index (χ1) is 9.66. The lowest BCUT2D eigenvalue weighted by Crippen LogP contribution is -2.17. The maximum Gasteiger partial charge on any atom is 0.272 e. The molecule has 0 saturated carbocycles. The third-order valence-electron chi connectivity index (χ3n) is 2.27. The van der Waals surface area contributed by atoms with Crippen molar-refractivity contribution in [2.24, 2.45) is 0 Å². The van der Waals surface area contributed by atoms with Gasteiger partial charge in [0.25, 0.3) is 10.0 Å². The predicted molar refractivity (Wildman–Crippen MR) is 69.1 cm³/mol. The molecule has 1 aromatic heterocycles. The summed E-state index contributed by atoms with van der Waals surface area (Å²) in [7, 11) is -4.51. The van der Waals surface area contributed by atoms with Crippen LogP contribution in [0.15, 0.2) is 20.1 Å². The number of sulfonamides is 1. The molecule has 0 aliphatic rings. The Kier molecular flexibility index (Phi) is 4.26. The van der Waals surface area contributed by atoms with Gasteiger partial charge in [-0.2, -0.15) is 0 Å². The quantitative estimate of drug-likeness (QED) is 0.474. The normalized spacial score (nSPS) is 11.7. The molecule has 1 N–H and O–H groups in total. The Morgan fingerprint density at radius 1 is 0.952 bits per heavy atom. The SMILES string of the molecule is O=S(=O)(Nc1c(F)c(F)c(F)c(F)c1F)c1sccc1Br. The molecule has 0 bridgehead atoms. The summed E-state index contributed by atoms with van der Waals surface area (Å²) in [4.78, 5) is 0. The van der Waals surface area contributed by atoms with Crippen LogP contribution in [0.4, 0.5) is 27.6 Å². The van der Waals surface area contributed by atoms with Gasteiger partial charge < -0.3 is 0 Å². The van der Waals surface area contributed by atoms with Crippen LogP contribution >= 0.6 is 27.3 Å². The molecule has 21 heavy (non-hydrogen) atoms. The van der Waals surface area contributed by atoms with Gasteiger partial charge in [-0.15, -0.1) is 11.3 Å². The molecule has 0 spiro atoms. The first kappa shape index (κ1) is 16.2. The lowest BCUT2D eigenvalue weighted by atomic mass is 10.2. The third kappa shape index (κ3) is 2.77. The molecule has 2 rings (SSSR count). The molecule has 0 radical (unpaired) electrons. The van der Waals surface area contributed by atoms with Gasteiger partial charge in [-0.25, -0.2) is 30.4 Å². The van der Waals surface area contributed by atoms with Gasteiger partial charge in [0.05, 0.1) is 0 Å². The summed E-state index contributed by atoms with van der Waals surface area (Å²) in [6, 6.07) is 1.35. The van der Waals surface area contributed by atoms with Crippen LogP contribution in [0.25, 0.3) is 0 Å². The molecule has 114 valence electrons. The molecule has 0 fully saturated rings. The Morgan fingerprint density at radius 3 is 1.86 bits per heavy atom. The van der Waals surface area contributed by atoms with E-state index in [-0.39, 0.29) is 8.68 Å². The lowest BCUT2D eigenvalue weighted by molar-refractivity contribution is 0.382. The highest BCUT2D eigenvalue weighted by molar-refractivity contribution is 9.10. The lowest BCUT2D eigenvalue weighted by Gasteiger charge is -2.10. The fraction of sp³-hybridized carbons (Fsp3) is 0. The van der Waals surface area contributed by atoms with E-state index in [4.69, 9.17) is 0 Å². The fourth-order valence-corrected chi connectivity index (χ4v) is 4.75. The zero-order valence-corrected chi connectivity index (χ0v) is 12.8. The van der Waals surface area contributed by atoms with Crippen LogP contribution in [-0.2, 0) is 10.0 Å². The van der Waals surface area contributed by atoms with Gasteiger partial charge in [-0.3, -0.25) is 4.72 Å². The number of benzene rings is 1. The van der Waals surface area contributed by atoms with E-state index in [1.54, 1.807) is 0 Å². The van der Waals surface area contributed by atoms with Crippen LogP contribution in [0.5, 0.6) is 0 Å². The Labute approximate surface area is 127 Å². The first-order valence-corrected chi connectivity index (χ1v) is 8.09. The number of thiophene rings is 1. The van der Waals surface area contributed by atoms with E-state index in [1.807, 2.05) is 0 Å². The average Bonchev–Trinajstić information content (AvgIpc) is 2.86. The van der Waals surface area contributed by atoms with Crippen molar-refractivity contribution >= 4 is 43.0 Å². The zero-order valence-electron chi connectivity index (χ0n) is 9.56. The van der Waals surface area contributed by atoms with Crippen molar-refractivity contribution in [1.29, 1.82) is 0 Å². The molecule has 0 atom stereocenters. The van der Waals surface area contributed by atoms with Crippen molar-refractivity contribution in [2.75, 3.05) is 4.72 Å². The van der Waals surface area contributed by atoms with Gasteiger partial charge >= 0.3 is 0 Å². The molecule has 0 saturated heterocycles. The monoisotopic (exact) mass is 407 g/mol. The summed E-state index contributed by atoms with van der Waals surface area (Å²) in [6.07, 6.45) is 0. The second-order valence-corrected chi connectivity index (χ2v) is 7.25. The van der Waals surface area contributed by atoms with E-state index in [0.29, 0.717) is 11.3 Å². The maximum absolute atomic E-state index is 13.4. The average molecular weight is 408 g/mol. The Bertz CT molecular complexity index is 792. The topological polar surface area (TPSA) is 46.2 Å². The van der Waals surface area contributed by atoms with E-state index in [0.717, 1.165) is 0 Å². The molecule has 3 nitrogen and oxygen atoms in total. The first-order valence-electron chi connectivity index (χ1n) is 4.94. The van der Waals surface area contributed by atoms with Crippen molar-refractivity contribution in [3.63, 3.8) is 0 Å². The Balaban J connectivity index is 2.58. The number of hydrogen-bond acceptors (Lipinski definition) is 3. The van der Waals surface area contributed by atoms with Crippen molar-refractivity contribution in [3.05, 3.63) is 45.0 Å². The molecule has 1 heterocycles. The molecule has 0 unspecified atom stereocenters. The van der Waals surface area contributed by atoms with Crippen molar-refractivity contribution in [1.82, 2.24) is 0 Å². The van der Waals surface area contributed by atoms with Gasteiger partial charge in [0.1, 0.15) is 5.69 Å². The summed E-state index contributed by atoms with van der Waals surface area (Å²) >= 11 is 3.58. The van der Waals surface area contributed by atoms with Crippen LogP contribution in [0.1, 0.15) is 0 Å². The highest BCUT2D eigenvalue weighted by atomic mass is 79.9. The highest BCUT2D eigenvalue weighted by Gasteiger charge is 2.29. The standard InChI is InChI=1S/C10H3BrF5NO2S2/c11-3-1-2-20-10(3)21(18,19)17-9-7(15)5(13)4(12)6(14)8(9)16/h1-2,17H. The number of halogens is 6.